The van der Waals surface area contributed by atoms with Gasteiger partial charge in [0.25, 0.3) is 0 Å². The topological polar surface area (TPSA) is 135 Å². The van der Waals surface area contributed by atoms with Gasteiger partial charge in [0.05, 0.1) is 0 Å². The second kappa shape index (κ2) is 14.3. The Morgan fingerprint density at radius 2 is 1.62 bits per heavy atom. The van der Waals surface area contributed by atoms with Gasteiger partial charge in [-0.15, -0.1) is 0 Å². The Balaban J connectivity index is -0.000000162. The first-order valence-corrected chi connectivity index (χ1v) is 5.62. The molecule has 0 aliphatic carbocycles. The molecule has 5 N–H and O–H groups in total. The van der Waals surface area contributed by atoms with Crippen LogP contribution in [0.3, 0.4) is 0 Å². The molecule has 0 amide bonds. The minimum absolute atomic E-state index is 0.176. The number of aliphatic hydroxyl groups excluding tert-OH is 1. The van der Waals surface area contributed by atoms with Gasteiger partial charge in [0.2, 0.25) is 0 Å². The highest BCUT2D eigenvalue weighted by Crippen LogP contribution is 1.98. The Labute approximate surface area is 94.6 Å². The van der Waals surface area contributed by atoms with Gasteiger partial charge < -0.3 is 25.1 Å². The zero-order valence-electron chi connectivity index (χ0n) is 9.25. The first-order valence-electron chi connectivity index (χ1n) is 4.31. The summed E-state index contributed by atoms with van der Waals surface area (Å²) in [5.74, 6) is -0.935. The first-order chi connectivity index (χ1) is 7.14. The highest BCUT2D eigenvalue weighted by molar-refractivity contribution is 7.30. The summed E-state index contributed by atoms with van der Waals surface area (Å²) in [7, 11) is -3.13. The summed E-state index contributed by atoms with van der Waals surface area (Å²) in [5.41, 5.74) is 0.176. The van der Waals surface area contributed by atoms with E-state index in [1.807, 2.05) is 6.92 Å². The maximum atomic E-state index is 9.60. The van der Waals surface area contributed by atoms with Crippen LogP contribution >= 0.6 is 8.25 Å². The van der Waals surface area contributed by atoms with E-state index in [4.69, 9.17) is 29.7 Å². The van der Waals surface area contributed by atoms with Crippen LogP contribution in [0.1, 0.15) is 26.7 Å². The van der Waals surface area contributed by atoms with E-state index in [-0.39, 0.29) is 5.57 Å². The van der Waals surface area contributed by atoms with Crippen molar-refractivity contribution >= 4 is 14.2 Å². The minimum atomic E-state index is -3.13. The molecule has 0 saturated carbocycles. The van der Waals surface area contributed by atoms with E-state index < -0.39 is 20.5 Å². The van der Waals surface area contributed by atoms with Gasteiger partial charge in [0.1, 0.15) is 0 Å². The Bertz CT molecular complexity index is 198. The van der Waals surface area contributed by atoms with Crippen molar-refractivity contribution in [1.82, 2.24) is 0 Å². The van der Waals surface area contributed by atoms with Crippen LogP contribution in [0, 0.1) is 0 Å². The summed E-state index contributed by atoms with van der Waals surface area (Å²) in [4.78, 5) is 23.9. The molecule has 98 valence electrons. The number of carbonyl (C=O) groups is 1. The molecule has 8 heteroatoms. The summed E-state index contributed by atoms with van der Waals surface area (Å²) < 4.78 is 8.74. The lowest BCUT2D eigenvalue weighted by Crippen LogP contribution is -2.01. The minimum Gasteiger partial charge on any atom is -0.478 e. The van der Waals surface area contributed by atoms with Crippen LogP contribution in [0.2, 0.25) is 0 Å². The predicted octanol–water partition coefficient (Wildman–Crippen LogP) is 0.105. The average molecular weight is 258 g/mol. The van der Waals surface area contributed by atoms with Crippen molar-refractivity contribution in [1.29, 1.82) is 0 Å². The normalized spacial score (nSPS) is 8.75. The molecule has 0 aliphatic heterocycles. The van der Waals surface area contributed by atoms with Gasteiger partial charge >= 0.3 is 14.2 Å². The number of rotatable bonds is 3. The van der Waals surface area contributed by atoms with E-state index in [1.54, 1.807) is 0 Å². The van der Waals surface area contributed by atoms with Crippen molar-refractivity contribution in [3.05, 3.63) is 12.2 Å². The van der Waals surface area contributed by atoms with Crippen molar-refractivity contribution in [3.63, 3.8) is 0 Å². The number of carboxylic acid groups (broad SMARTS) is 1. The lowest BCUT2D eigenvalue weighted by atomic mass is 10.3. The summed E-state index contributed by atoms with van der Waals surface area (Å²) in [6.07, 6.45) is 0.215. The van der Waals surface area contributed by atoms with Gasteiger partial charge in [-0.3, -0.25) is 4.57 Å². The largest absolute Gasteiger partial charge is 0.478 e. The summed E-state index contributed by atoms with van der Waals surface area (Å²) in [6.45, 7) is 6.50. The molecule has 16 heavy (non-hydrogen) atoms. The highest BCUT2D eigenvalue weighted by atomic mass is 31.1. The van der Waals surface area contributed by atoms with Crippen LogP contribution in [-0.2, 0) is 9.36 Å². The molecule has 0 spiro atoms. The van der Waals surface area contributed by atoms with E-state index >= 15 is 0 Å². The molecule has 0 fully saturated rings. The molecule has 0 rings (SSSR count). The fourth-order valence-electron chi connectivity index (χ4n) is 0.258. The SMILES string of the molecule is C=C(C)C(=O)O.CCCC(O)O.O=[PH](O)O. The molecular formula is C8H19O7P. The van der Waals surface area contributed by atoms with Gasteiger partial charge in [0.15, 0.2) is 6.29 Å². The van der Waals surface area contributed by atoms with Crippen molar-refractivity contribution in [2.45, 2.75) is 33.0 Å². The molecule has 0 unspecified atom stereocenters. The van der Waals surface area contributed by atoms with Crippen LogP contribution in [0.25, 0.3) is 0 Å². The lowest BCUT2D eigenvalue weighted by molar-refractivity contribution is -0.132. The number of carboxylic acids is 1. The molecule has 0 aromatic carbocycles. The van der Waals surface area contributed by atoms with Gasteiger partial charge in [0, 0.05) is 5.57 Å². The maximum absolute atomic E-state index is 9.60. The van der Waals surface area contributed by atoms with Crippen molar-refractivity contribution < 1.29 is 34.5 Å². The first kappa shape index (κ1) is 20.7. The maximum Gasteiger partial charge on any atom is 0.330 e. The molecule has 0 heterocycles. The number of hydrogen-bond acceptors (Lipinski definition) is 4. The van der Waals surface area contributed by atoms with E-state index in [0.717, 1.165) is 6.42 Å². The average Bonchev–Trinajstić information content (AvgIpc) is 2.03. The molecule has 7 nitrogen and oxygen atoms in total. The van der Waals surface area contributed by atoms with Crippen molar-refractivity contribution in [3.8, 4) is 0 Å². The molecule has 0 atom stereocenters. The standard InChI is InChI=1S/C4H6O2.C4H10O2.H3O3P/c1-3(2)4(5)6;1-2-3-4(5)6;1-4(2)3/h1H2,2H3,(H,5,6);4-6H,2-3H2,1H3;4H,(H2,1,2,3). The Kier molecular flexibility index (Phi) is 18.4. The summed E-state index contributed by atoms with van der Waals surface area (Å²) in [5, 5.41) is 24.1. The van der Waals surface area contributed by atoms with Crippen molar-refractivity contribution in [2.75, 3.05) is 0 Å². The van der Waals surface area contributed by atoms with Crippen LogP contribution in [0.4, 0.5) is 0 Å². The van der Waals surface area contributed by atoms with Crippen LogP contribution in [-0.4, -0.2) is 37.4 Å². The highest BCUT2D eigenvalue weighted by Gasteiger charge is 1.90. The molecule has 0 saturated heterocycles. The Morgan fingerprint density at radius 3 is 1.62 bits per heavy atom. The van der Waals surface area contributed by atoms with Crippen LogP contribution < -0.4 is 0 Å². The summed E-state index contributed by atoms with van der Waals surface area (Å²) in [6, 6.07) is 0. The third-order valence-corrected chi connectivity index (χ3v) is 0.912. The monoisotopic (exact) mass is 258 g/mol. The third kappa shape index (κ3) is 50.8. The lowest BCUT2D eigenvalue weighted by Gasteiger charge is -1.94. The van der Waals surface area contributed by atoms with Gasteiger partial charge in [-0.05, 0) is 13.3 Å². The second-order valence-electron chi connectivity index (χ2n) is 2.64. The molecule has 0 aromatic heterocycles. The zero-order chi connectivity index (χ0) is 13.7. The van der Waals surface area contributed by atoms with Gasteiger partial charge in [-0.1, -0.05) is 19.9 Å². The number of aliphatic hydroxyl groups is 2. The summed E-state index contributed by atoms with van der Waals surface area (Å²) >= 11 is 0. The quantitative estimate of drug-likeness (QED) is 0.275. The Hall–Kier alpha value is -0.720. The Morgan fingerprint density at radius 1 is 1.38 bits per heavy atom. The number of aliphatic carboxylic acids is 1. The van der Waals surface area contributed by atoms with E-state index in [9.17, 15) is 4.79 Å². The van der Waals surface area contributed by atoms with Crippen LogP contribution in [0.5, 0.6) is 0 Å². The van der Waals surface area contributed by atoms with E-state index in [0.29, 0.717) is 6.42 Å². The van der Waals surface area contributed by atoms with Gasteiger partial charge in [-0.25, -0.2) is 4.79 Å². The molecule has 0 aliphatic rings. The second-order valence-corrected chi connectivity index (χ2v) is 3.20. The third-order valence-electron chi connectivity index (χ3n) is 0.912. The molecule has 0 bridgehead atoms. The molecule has 0 aromatic rings. The van der Waals surface area contributed by atoms with E-state index in [2.05, 4.69) is 6.58 Å². The predicted molar refractivity (Wildman–Crippen MR) is 59.0 cm³/mol. The zero-order valence-corrected chi connectivity index (χ0v) is 10.3. The van der Waals surface area contributed by atoms with E-state index in [1.165, 1.54) is 6.92 Å². The molecular weight excluding hydrogens is 239 g/mol. The number of hydrogen-bond donors (Lipinski definition) is 5. The fourth-order valence-corrected chi connectivity index (χ4v) is 0.258. The van der Waals surface area contributed by atoms with Crippen LogP contribution in [0.15, 0.2) is 12.2 Å². The molecule has 0 radical (unpaired) electrons. The fraction of sp³-hybridized carbons (Fsp3) is 0.625. The van der Waals surface area contributed by atoms with Gasteiger partial charge in [-0.2, -0.15) is 0 Å². The smallest absolute Gasteiger partial charge is 0.330 e. The van der Waals surface area contributed by atoms with Crippen molar-refractivity contribution in [2.24, 2.45) is 0 Å².